The van der Waals surface area contributed by atoms with Crippen LogP contribution in [0.25, 0.3) is 0 Å². The summed E-state index contributed by atoms with van der Waals surface area (Å²) < 4.78 is 0. The van der Waals surface area contributed by atoms with E-state index in [0.29, 0.717) is 11.5 Å². The van der Waals surface area contributed by atoms with E-state index in [1.807, 2.05) is 6.08 Å². The van der Waals surface area contributed by atoms with Crippen LogP contribution in [0.15, 0.2) is 12.2 Å². The Bertz CT molecular complexity index is 566. The first kappa shape index (κ1) is 16.7. The molecule has 0 bridgehead atoms. The molecule has 8 atom stereocenters. The van der Waals surface area contributed by atoms with Crippen LogP contribution in [0.1, 0.15) is 66.7 Å². The van der Waals surface area contributed by atoms with Crippen LogP contribution in [0.2, 0.25) is 0 Å². The standard InChI is InChI=1S/C22H35NO/c1-13(2)15-6-7-16-20-14(3)12-18-22(5,11-9-19(24)23-18)17(20)8-10-21(15,16)4/h9,11,13-18,20H,6-8,10,12H2,1-5H3,(H,23,24)/t14?,15-,16+,17+,18?,20+,21-,22-/m1/s1. The Kier molecular flexibility index (Phi) is 3.72. The van der Waals surface area contributed by atoms with Crippen molar-refractivity contribution >= 4 is 5.91 Å². The van der Waals surface area contributed by atoms with Gasteiger partial charge >= 0.3 is 0 Å². The van der Waals surface area contributed by atoms with Crippen molar-refractivity contribution in [1.29, 1.82) is 0 Å². The average molecular weight is 330 g/mol. The van der Waals surface area contributed by atoms with Gasteiger partial charge in [0.2, 0.25) is 5.91 Å². The lowest BCUT2D eigenvalue weighted by Crippen LogP contribution is -2.61. The zero-order valence-electron chi connectivity index (χ0n) is 16.1. The Morgan fingerprint density at radius 1 is 1.17 bits per heavy atom. The quantitative estimate of drug-likeness (QED) is 0.735. The smallest absolute Gasteiger partial charge is 0.243 e. The summed E-state index contributed by atoms with van der Waals surface area (Å²) >= 11 is 0. The molecule has 24 heavy (non-hydrogen) atoms. The molecule has 0 aromatic carbocycles. The van der Waals surface area contributed by atoms with Gasteiger partial charge in [-0.2, -0.15) is 0 Å². The van der Waals surface area contributed by atoms with E-state index in [1.165, 1.54) is 25.7 Å². The van der Waals surface area contributed by atoms with Crippen molar-refractivity contribution in [2.45, 2.75) is 72.8 Å². The third kappa shape index (κ3) is 2.10. The summed E-state index contributed by atoms with van der Waals surface area (Å²) in [7, 11) is 0. The molecule has 0 aromatic rings. The minimum absolute atomic E-state index is 0.115. The van der Waals surface area contributed by atoms with E-state index in [4.69, 9.17) is 0 Å². The maximum absolute atomic E-state index is 11.9. The largest absolute Gasteiger partial charge is 0.349 e. The first-order valence-corrected chi connectivity index (χ1v) is 10.3. The van der Waals surface area contributed by atoms with Gasteiger partial charge in [-0.25, -0.2) is 0 Å². The molecule has 0 radical (unpaired) electrons. The third-order valence-electron chi connectivity index (χ3n) is 8.94. The van der Waals surface area contributed by atoms with Crippen molar-refractivity contribution in [1.82, 2.24) is 5.32 Å². The van der Waals surface area contributed by atoms with Gasteiger partial charge in [-0.3, -0.25) is 4.79 Å². The summed E-state index contributed by atoms with van der Waals surface area (Å²) in [5, 5.41) is 3.29. The highest BCUT2D eigenvalue weighted by Gasteiger charge is 2.61. The van der Waals surface area contributed by atoms with Gasteiger partial charge in [-0.05, 0) is 79.1 Å². The number of hydrogen-bond acceptors (Lipinski definition) is 1. The highest BCUT2D eigenvalue weighted by molar-refractivity contribution is 5.89. The molecular formula is C22H35NO. The summed E-state index contributed by atoms with van der Waals surface area (Å²) in [5.74, 6) is 5.04. The van der Waals surface area contributed by atoms with Crippen molar-refractivity contribution in [3.05, 3.63) is 12.2 Å². The van der Waals surface area contributed by atoms with Crippen LogP contribution < -0.4 is 5.32 Å². The number of nitrogens with one attached hydrogen (secondary N) is 1. The second-order valence-electron chi connectivity index (χ2n) is 10.2. The SMILES string of the molecule is CC1CC2NC(=O)C=C[C@]2(C)[C@H]2CC[C@]3(C)[C@@H](C(C)C)CC[C@H]3[C@H]12. The maximum atomic E-state index is 11.9. The predicted octanol–water partition coefficient (Wildman–Crippen LogP) is 4.80. The molecule has 2 heteroatoms. The van der Waals surface area contributed by atoms with Gasteiger partial charge < -0.3 is 5.32 Å². The van der Waals surface area contributed by atoms with E-state index >= 15 is 0 Å². The topological polar surface area (TPSA) is 29.1 Å². The summed E-state index contributed by atoms with van der Waals surface area (Å²) in [6.07, 6.45) is 10.8. The Morgan fingerprint density at radius 2 is 1.92 bits per heavy atom. The number of rotatable bonds is 1. The Hall–Kier alpha value is -0.790. The van der Waals surface area contributed by atoms with Crippen LogP contribution in [0.3, 0.4) is 0 Å². The summed E-state index contributed by atoms with van der Waals surface area (Å²) in [6, 6.07) is 0.345. The summed E-state index contributed by atoms with van der Waals surface area (Å²) in [6.45, 7) is 12.4. The minimum Gasteiger partial charge on any atom is -0.349 e. The molecule has 0 spiro atoms. The van der Waals surface area contributed by atoms with Gasteiger partial charge in [0, 0.05) is 11.5 Å². The van der Waals surface area contributed by atoms with Crippen molar-refractivity contribution in [2.75, 3.05) is 0 Å². The predicted molar refractivity (Wildman–Crippen MR) is 98.3 cm³/mol. The molecule has 134 valence electrons. The average Bonchev–Trinajstić information content (AvgIpc) is 2.86. The van der Waals surface area contributed by atoms with Gasteiger partial charge in [-0.1, -0.05) is 40.7 Å². The highest BCUT2D eigenvalue weighted by atomic mass is 16.1. The molecular weight excluding hydrogens is 294 g/mol. The number of amides is 1. The van der Waals surface area contributed by atoms with Crippen LogP contribution in [-0.4, -0.2) is 11.9 Å². The molecule has 4 rings (SSSR count). The zero-order valence-corrected chi connectivity index (χ0v) is 16.1. The van der Waals surface area contributed by atoms with Gasteiger partial charge in [0.1, 0.15) is 0 Å². The van der Waals surface area contributed by atoms with Crippen molar-refractivity contribution in [3.8, 4) is 0 Å². The van der Waals surface area contributed by atoms with Crippen LogP contribution in [-0.2, 0) is 4.79 Å². The molecule has 0 saturated heterocycles. The van der Waals surface area contributed by atoms with E-state index in [9.17, 15) is 4.79 Å². The molecule has 3 saturated carbocycles. The Morgan fingerprint density at radius 3 is 2.62 bits per heavy atom. The lowest BCUT2D eigenvalue weighted by atomic mass is 9.45. The first-order chi connectivity index (χ1) is 11.3. The monoisotopic (exact) mass is 329 g/mol. The summed E-state index contributed by atoms with van der Waals surface area (Å²) in [4.78, 5) is 11.9. The number of carbonyl (C=O) groups is 1. The fraction of sp³-hybridized carbons (Fsp3) is 0.864. The van der Waals surface area contributed by atoms with Crippen LogP contribution in [0.5, 0.6) is 0 Å². The fourth-order valence-electron chi connectivity index (χ4n) is 7.82. The number of hydrogen-bond donors (Lipinski definition) is 1. The molecule has 4 aliphatic rings. The second-order valence-corrected chi connectivity index (χ2v) is 10.2. The third-order valence-corrected chi connectivity index (χ3v) is 8.94. The summed E-state index contributed by atoms with van der Waals surface area (Å²) in [5.41, 5.74) is 0.719. The molecule has 3 fully saturated rings. The highest BCUT2D eigenvalue weighted by Crippen LogP contribution is 2.67. The molecule has 1 amide bonds. The van der Waals surface area contributed by atoms with E-state index in [1.54, 1.807) is 0 Å². The van der Waals surface area contributed by atoms with Crippen LogP contribution >= 0.6 is 0 Å². The molecule has 3 aliphatic carbocycles. The first-order valence-electron chi connectivity index (χ1n) is 10.3. The maximum Gasteiger partial charge on any atom is 0.243 e. The number of carbonyl (C=O) groups excluding carboxylic acids is 1. The van der Waals surface area contributed by atoms with Crippen molar-refractivity contribution < 1.29 is 4.79 Å². The van der Waals surface area contributed by atoms with Gasteiger partial charge in [0.15, 0.2) is 0 Å². The molecule has 1 N–H and O–H groups in total. The van der Waals surface area contributed by atoms with E-state index in [-0.39, 0.29) is 11.3 Å². The molecule has 1 heterocycles. The zero-order chi connectivity index (χ0) is 17.3. The van der Waals surface area contributed by atoms with Crippen molar-refractivity contribution in [3.63, 3.8) is 0 Å². The van der Waals surface area contributed by atoms with E-state index in [0.717, 1.165) is 41.9 Å². The van der Waals surface area contributed by atoms with E-state index < -0.39 is 0 Å². The Labute approximate surface area is 147 Å². The minimum atomic E-state index is 0.115. The Balaban J connectivity index is 1.70. The van der Waals surface area contributed by atoms with Crippen molar-refractivity contribution in [2.24, 2.45) is 46.3 Å². The normalized spacial score (nSPS) is 53.3. The molecule has 2 unspecified atom stereocenters. The lowest BCUT2D eigenvalue weighted by molar-refractivity contribution is -0.126. The van der Waals surface area contributed by atoms with Gasteiger partial charge in [0.25, 0.3) is 0 Å². The van der Waals surface area contributed by atoms with Crippen LogP contribution in [0.4, 0.5) is 0 Å². The fourth-order valence-corrected chi connectivity index (χ4v) is 7.82. The van der Waals surface area contributed by atoms with Gasteiger partial charge in [0.05, 0.1) is 0 Å². The van der Waals surface area contributed by atoms with E-state index in [2.05, 4.69) is 46.0 Å². The van der Waals surface area contributed by atoms with Crippen LogP contribution in [0, 0.1) is 46.3 Å². The molecule has 2 nitrogen and oxygen atoms in total. The second kappa shape index (κ2) is 5.35. The molecule has 0 aromatic heterocycles. The lowest BCUT2D eigenvalue weighted by Gasteiger charge is -2.61. The van der Waals surface area contributed by atoms with Gasteiger partial charge in [-0.15, -0.1) is 0 Å². The number of fused-ring (bicyclic) bond motifs is 5. The molecule has 1 aliphatic heterocycles.